The van der Waals surface area contributed by atoms with Gasteiger partial charge in [0.1, 0.15) is 17.4 Å². The molecule has 1 amide bonds. The summed E-state index contributed by atoms with van der Waals surface area (Å²) in [5, 5.41) is 11.9. The molecule has 1 aliphatic rings. The van der Waals surface area contributed by atoms with Gasteiger partial charge in [-0.2, -0.15) is 5.26 Å². The van der Waals surface area contributed by atoms with E-state index in [1.165, 1.54) is 0 Å². The third-order valence-corrected chi connectivity index (χ3v) is 3.61. The van der Waals surface area contributed by atoms with Crippen LogP contribution in [0.2, 0.25) is 0 Å². The van der Waals surface area contributed by atoms with Gasteiger partial charge in [-0.15, -0.1) is 0 Å². The maximum atomic E-state index is 12.1. The predicted molar refractivity (Wildman–Crippen MR) is 83.3 cm³/mol. The number of carbonyl (C=O) groups is 1. The van der Waals surface area contributed by atoms with Gasteiger partial charge in [-0.05, 0) is 49.1 Å². The van der Waals surface area contributed by atoms with Gasteiger partial charge >= 0.3 is 0 Å². The van der Waals surface area contributed by atoms with Crippen molar-refractivity contribution < 1.29 is 14.3 Å². The van der Waals surface area contributed by atoms with Crippen LogP contribution in [0.15, 0.2) is 23.8 Å². The number of benzene rings is 1. The maximum absolute atomic E-state index is 12.1. The standard InChI is InChI=1S/C17H20N2O3/c1-12-8-13(5-6-16(12)21-2)9-14(10-18)17(20)19-11-15-4-3-7-22-15/h5-6,8-9,15H,3-4,7,11H2,1-2H3,(H,19,20)/b14-9+/t15-/m1/s1. The van der Waals surface area contributed by atoms with Crippen molar-refractivity contribution in [1.29, 1.82) is 5.26 Å². The minimum atomic E-state index is -0.369. The third kappa shape index (κ3) is 4.09. The molecule has 0 unspecified atom stereocenters. The minimum absolute atomic E-state index is 0.0622. The van der Waals surface area contributed by atoms with Crippen molar-refractivity contribution in [3.8, 4) is 11.8 Å². The highest BCUT2D eigenvalue weighted by Crippen LogP contribution is 2.20. The molecule has 0 aromatic heterocycles. The average Bonchev–Trinajstić information content (AvgIpc) is 3.04. The molecular weight excluding hydrogens is 280 g/mol. The number of carbonyl (C=O) groups excluding carboxylic acids is 1. The third-order valence-electron chi connectivity index (χ3n) is 3.61. The number of aryl methyl sites for hydroxylation is 1. The summed E-state index contributed by atoms with van der Waals surface area (Å²) in [7, 11) is 1.61. The van der Waals surface area contributed by atoms with E-state index in [0.29, 0.717) is 6.54 Å². The SMILES string of the molecule is COc1ccc(/C=C(\C#N)C(=O)NC[C@H]2CCCO2)cc1C. The summed E-state index contributed by atoms with van der Waals surface area (Å²) in [5.74, 6) is 0.407. The van der Waals surface area contributed by atoms with Gasteiger partial charge in [0.05, 0.1) is 13.2 Å². The van der Waals surface area contributed by atoms with Gasteiger partial charge in [0, 0.05) is 13.2 Å². The van der Waals surface area contributed by atoms with Gasteiger partial charge in [0.25, 0.3) is 5.91 Å². The molecule has 1 atom stereocenters. The van der Waals surface area contributed by atoms with Gasteiger partial charge in [-0.25, -0.2) is 0 Å². The van der Waals surface area contributed by atoms with E-state index in [1.807, 2.05) is 31.2 Å². The largest absolute Gasteiger partial charge is 0.496 e. The second kappa shape index (κ2) is 7.62. The first kappa shape index (κ1) is 16.1. The molecule has 0 spiro atoms. The van der Waals surface area contributed by atoms with Crippen molar-refractivity contribution in [2.45, 2.75) is 25.9 Å². The van der Waals surface area contributed by atoms with Gasteiger partial charge < -0.3 is 14.8 Å². The summed E-state index contributed by atoms with van der Waals surface area (Å²) in [6.07, 6.45) is 3.61. The van der Waals surface area contributed by atoms with E-state index < -0.39 is 0 Å². The van der Waals surface area contributed by atoms with Crippen LogP contribution in [0, 0.1) is 18.3 Å². The first-order valence-electron chi connectivity index (χ1n) is 7.30. The van der Waals surface area contributed by atoms with Crippen molar-refractivity contribution in [2.75, 3.05) is 20.3 Å². The fourth-order valence-electron chi connectivity index (χ4n) is 2.41. The lowest BCUT2D eigenvalue weighted by molar-refractivity contribution is -0.117. The smallest absolute Gasteiger partial charge is 0.262 e. The van der Waals surface area contributed by atoms with E-state index in [0.717, 1.165) is 36.3 Å². The van der Waals surface area contributed by atoms with Crippen LogP contribution in [0.5, 0.6) is 5.75 Å². The number of rotatable bonds is 5. The van der Waals surface area contributed by atoms with Crippen LogP contribution in [0.25, 0.3) is 6.08 Å². The average molecular weight is 300 g/mol. The van der Waals surface area contributed by atoms with Gasteiger partial charge in [0.2, 0.25) is 0 Å². The molecule has 1 N–H and O–H groups in total. The highest BCUT2D eigenvalue weighted by molar-refractivity contribution is 6.01. The highest BCUT2D eigenvalue weighted by Gasteiger charge is 2.17. The Morgan fingerprint density at radius 3 is 3.00 bits per heavy atom. The molecule has 0 aliphatic carbocycles. The Morgan fingerprint density at radius 2 is 2.41 bits per heavy atom. The predicted octanol–water partition coefficient (Wildman–Crippen LogP) is 2.21. The van der Waals surface area contributed by atoms with E-state index in [4.69, 9.17) is 9.47 Å². The molecule has 0 saturated carbocycles. The number of hydrogen-bond donors (Lipinski definition) is 1. The number of nitriles is 1. The van der Waals surface area contributed by atoms with Crippen LogP contribution in [0.3, 0.4) is 0 Å². The summed E-state index contributed by atoms with van der Waals surface area (Å²) in [4.78, 5) is 12.1. The molecule has 1 fully saturated rings. The molecule has 0 bridgehead atoms. The fraction of sp³-hybridized carbons (Fsp3) is 0.412. The Balaban J connectivity index is 2.04. The minimum Gasteiger partial charge on any atom is -0.496 e. The Labute approximate surface area is 130 Å². The van der Waals surface area contributed by atoms with E-state index in [9.17, 15) is 10.1 Å². The lowest BCUT2D eigenvalue weighted by Crippen LogP contribution is -2.32. The fourth-order valence-corrected chi connectivity index (χ4v) is 2.41. The molecule has 22 heavy (non-hydrogen) atoms. The lowest BCUT2D eigenvalue weighted by Gasteiger charge is -2.10. The monoisotopic (exact) mass is 300 g/mol. The Morgan fingerprint density at radius 1 is 1.59 bits per heavy atom. The van der Waals surface area contributed by atoms with Crippen molar-refractivity contribution in [1.82, 2.24) is 5.32 Å². The van der Waals surface area contributed by atoms with E-state index >= 15 is 0 Å². The molecule has 1 aromatic rings. The van der Waals surface area contributed by atoms with Crippen LogP contribution in [0.1, 0.15) is 24.0 Å². The zero-order valence-electron chi connectivity index (χ0n) is 12.9. The number of hydrogen-bond acceptors (Lipinski definition) is 4. The highest BCUT2D eigenvalue weighted by atomic mass is 16.5. The molecule has 5 heteroatoms. The zero-order valence-corrected chi connectivity index (χ0v) is 12.9. The molecule has 116 valence electrons. The molecule has 1 saturated heterocycles. The van der Waals surface area contributed by atoms with Crippen molar-refractivity contribution in [2.24, 2.45) is 0 Å². The van der Waals surface area contributed by atoms with Crippen LogP contribution >= 0.6 is 0 Å². The lowest BCUT2D eigenvalue weighted by atomic mass is 10.1. The van der Waals surface area contributed by atoms with E-state index in [-0.39, 0.29) is 17.6 Å². The Kier molecular flexibility index (Phi) is 5.56. The number of nitrogens with zero attached hydrogens (tertiary/aromatic N) is 1. The molecule has 2 rings (SSSR count). The second-order valence-electron chi connectivity index (χ2n) is 5.24. The number of amides is 1. The first-order valence-corrected chi connectivity index (χ1v) is 7.30. The summed E-state index contributed by atoms with van der Waals surface area (Å²) in [5.41, 5.74) is 1.83. The van der Waals surface area contributed by atoms with Crippen LogP contribution in [0.4, 0.5) is 0 Å². The molecule has 1 aliphatic heterocycles. The molecule has 1 aromatic carbocycles. The zero-order chi connectivity index (χ0) is 15.9. The van der Waals surface area contributed by atoms with E-state index in [1.54, 1.807) is 13.2 Å². The Bertz CT molecular complexity index is 611. The molecule has 1 heterocycles. The van der Waals surface area contributed by atoms with Gasteiger partial charge in [-0.1, -0.05) is 6.07 Å². The summed E-state index contributed by atoms with van der Waals surface area (Å²) in [6.45, 7) is 3.10. The topological polar surface area (TPSA) is 71.3 Å². The summed E-state index contributed by atoms with van der Waals surface area (Å²) in [6, 6.07) is 7.47. The van der Waals surface area contributed by atoms with E-state index in [2.05, 4.69) is 5.32 Å². The quantitative estimate of drug-likeness (QED) is 0.668. The van der Waals surface area contributed by atoms with Gasteiger partial charge in [-0.3, -0.25) is 4.79 Å². The first-order chi connectivity index (χ1) is 10.6. The summed E-state index contributed by atoms with van der Waals surface area (Å²) >= 11 is 0. The Hall–Kier alpha value is -2.32. The van der Waals surface area contributed by atoms with Crippen LogP contribution < -0.4 is 10.1 Å². The van der Waals surface area contributed by atoms with Crippen molar-refractivity contribution in [3.63, 3.8) is 0 Å². The maximum Gasteiger partial charge on any atom is 0.262 e. The van der Waals surface area contributed by atoms with Crippen LogP contribution in [-0.4, -0.2) is 32.3 Å². The molecule has 5 nitrogen and oxygen atoms in total. The number of nitrogens with one attached hydrogen (secondary N) is 1. The second-order valence-corrected chi connectivity index (χ2v) is 5.24. The van der Waals surface area contributed by atoms with Crippen LogP contribution in [-0.2, 0) is 9.53 Å². The number of ether oxygens (including phenoxy) is 2. The molecular formula is C17H20N2O3. The van der Waals surface area contributed by atoms with Crippen molar-refractivity contribution in [3.05, 3.63) is 34.9 Å². The summed E-state index contributed by atoms with van der Waals surface area (Å²) < 4.78 is 10.6. The number of methoxy groups -OCH3 is 1. The van der Waals surface area contributed by atoms with Gasteiger partial charge in [0.15, 0.2) is 0 Å². The normalized spacial score (nSPS) is 17.9. The van der Waals surface area contributed by atoms with Crippen molar-refractivity contribution >= 4 is 12.0 Å². The molecule has 0 radical (unpaired) electrons.